The molecule has 5 heteroatoms. The van der Waals surface area contributed by atoms with Gasteiger partial charge in [-0.15, -0.1) is 0 Å². The minimum absolute atomic E-state index is 0.00347. The third kappa shape index (κ3) is 1.28. The third-order valence-corrected chi connectivity index (χ3v) is 3.34. The van der Waals surface area contributed by atoms with Gasteiger partial charge in [0.25, 0.3) is 0 Å². The summed E-state index contributed by atoms with van der Waals surface area (Å²) in [5.74, 6) is 0.591. The number of rotatable bonds is 2. The molecule has 0 aromatic carbocycles. The number of sulfonamides is 1. The molecule has 2 N–H and O–H groups in total. The molecule has 1 saturated carbocycles. The van der Waals surface area contributed by atoms with Crippen LogP contribution >= 0.6 is 0 Å². The van der Waals surface area contributed by atoms with E-state index in [4.69, 9.17) is 9.88 Å². The molecule has 3 aliphatic rings. The van der Waals surface area contributed by atoms with Gasteiger partial charge < -0.3 is 4.74 Å². The lowest BCUT2D eigenvalue weighted by Crippen LogP contribution is -2.44. The van der Waals surface area contributed by atoms with Crippen LogP contribution in [0.5, 0.6) is 0 Å². The van der Waals surface area contributed by atoms with E-state index in [0.29, 0.717) is 5.92 Å². The Kier molecular flexibility index (Phi) is 1.34. The Morgan fingerprint density at radius 2 is 2.18 bits per heavy atom. The lowest BCUT2D eigenvalue weighted by Gasteiger charge is -2.34. The zero-order chi connectivity index (χ0) is 8.11. The number of ether oxygens (including phenoxy) is 1. The van der Waals surface area contributed by atoms with Crippen LogP contribution in [-0.4, -0.2) is 26.4 Å². The Balaban J connectivity index is 2.07. The molecule has 3 fully saturated rings. The van der Waals surface area contributed by atoms with Gasteiger partial charge in [0.1, 0.15) is 0 Å². The second kappa shape index (κ2) is 1.97. The Bertz CT molecular complexity index is 260. The Hall–Kier alpha value is -0.130. The number of primary sulfonamides is 1. The van der Waals surface area contributed by atoms with Crippen molar-refractivity contribution in [3.05, 3.63) is 0 Å². The minimum atomic E-state index is -3.35. The average Bonchev–Trinajstić information content (AvgIpc) is 2.15. The largest absolute Gasteiger partial charge is 0.374 e. The van der Waals surface area contributed by atoms with Crippen LogP contribution in [0.1, 0.15) is 12.8 Å². The zero-order valence-electron chi connectivity index (χ0n) is 6.12. The molecule has 0 spiro atoms. The van der Waals surface area contributed by atoms with Crippen molar-refractivity contribution in [3.63, 3.8) is 0 Å². The molecule has 0 aromatic rings. The summed E-state index contributed by atoms with van der Waals surface area (Å²) in [5, 5.41) is 4.92. The molecule has 2 heterocycles. The maximum Gasteiger partial charge on any atom is 0.211 e. The van der Waals surface area contributed by atoms with Crippen molar-refractivity contribution in [2.24, 2.45) is 11.1 Å². The van der Waals surface area contributed by atoms with E-state index in [0.717, 1.165) is 19.4 Å². The molecule has 0 radical (unpaired) electrons. The highest BCUT2D eigenvalue weighted by Gasteiger charge is 2.53. The van der Waals surface area contributed by atoms with Crippen LogP contribution in [0.4, 0.5) is 0 Å². The summed E-state index contributed by atoms with van der Waals surface area (Å²) < 4.78 is 26.8. The highest BCUT2D eigenvalue weighted by molar-refractivity contribution is 7.89. The van der Waals surface area contributed by atoms with E-state index in [-0.39, 0.29) is 5.75 Å². The molecule has 1 aliphatic carbocycles. The third-order valence-electron chi connectivity index (χ3n) is 2.41. The maximum absolute atomic E-state index is 10.7. The second-order valence-electron chi connectivity index (χ2n) is 3.58. The number of hydrogen-bond donors (Lipinski definition) is 1. The lowest BCUT2D eigenvalue weighted by atomic mass is 9.76. The average molecular weight is 177 g/mol. The first kappa shape index (κ1) is 7.52. The molecule has 4 nitrogen and oxygen atoms in total. The van der Waals surface area contributed by atoms with Crippen LogP contribution in [0, 0.1) is 5.92 Å². The number of nitrogens with two attached hydrogens (primary N) is 1. The smallest absolute Gasteiger partial charge is 0.211 e. The summed E-state index contributed by atoms with van der Waals surface area (Å²) >= 11 is 0. The molecule has 0 amide bonds. The van der Waals surface area contributed by atoms with Crippen LogP contribution in [-0.2, 0) is 14.8 Å². The van der Waals surface area contributed by atoms with Crippen LogP contribution in [0.3, 0.4) is 0 Å². The van der Waals surface area contributed by atoms with Gasteiger partial charge in [-0.3, -0.25) is 0 Å². The molecule has 0 unspecified atom stereocenters. The monoisotopic (exact) mass is 177 g/mol. The fourth-order valence-electron chi connectivity index (χ4n) is 2.05. The number of hydrogen-bond acceptors (Lipinski definition) is 3. The lowest BCUT2D eigenvalue weighted by molar-refractivity contribution is 0.0234. The number of fused-ring (bicyclic) bond motifs is 1. The Morgan fingerprint density at radius 1 is 1.55 bits per heavy atom. The molecule has 11 heavy (non-hydrogen) atoms. The molecule has 2 bridgehead atoms. The second-order valence-corrected chi connectivity index (χ2v) is 5.19. The summed E-state index contributed by atoms with van der Waals surface area (Å²) in [7, 11) is -3.35. The summed E-state index contributed by atoms with van der Waals surface area (Å²) in [5.41, 5.74) is -0.391. The van der Waals surface area contributed by atoms with E-state index in [1.807, 2.05) is 0 Å². The van der Waals surface area contributed by atoms with Gasteiger partial charge in [-0.2, -0.15) is 0 Å². The maximum atomic E-state index is 10.7. The molecule has 0 atom stereocenters. The molecule has 2 aliphatic heterocycles. The van der Waals surface area contributed by atoms with E-state index in [1.165, 1.54) is 0 Å². The van der Waals surface area contributed by atoms with Gasteiger partial charge in [0.2, 0.25) is 10.0 Å². The molecular weight excluding hydrogens is 166 g/mol. The van der Waals surface area contributed by atoms with Crippen molar-refractivity contribution in [1.82, 2.24) is 0 Å². The van der Waals surface area contributed by atoms with Gasteiger partial charge >= 0.3 is 0 Å². The van der Waals surface area contributed by atoms with Crippen molar-refractivity contribution in [3.8, 4) is 0 Å². The molecule has 64 valence electrons. The standard InChI is InChI=1S/C6H11NO3S/c7-11(8,9)4-6-1-5(2-6)3-10-6/h5H,1-4H2,(H2,7,8,9). The SMILES string of the molecule is NS(=O)(=O)CC12CC(CO1)C2. The highest BCUT2D eigenvalue weighted by atomic mass is 32.2. The highest BCUT2D eigenvalue weighted by Crippen LogP contribution is 2.48. The topological polar surface area (TPSA) is 69.4 Å². The van der Waals surface area contributed by atoms with E-state index in [9.17, 15) is 8.42 Å². The molecule has 0 aromatic heterocycles. The van der Waals surface area contributed by atoms with Gasteiger partial charge in [0, 0.05) is 0 Å². The van der Waals surface area contributed by atoms with Crippen molar-refractivity contribution in [2.75, 3.05) is 12.4 Å². The van der Waals surface area contributed by atoms with Crippen LogP contribution in [0.2, 0.25) is 0 Å². The fraction of sp³-hybridized carbons (Fsp3) is 1.00. The van der Waals surface area contributed by atoms with Crippen LogP contribution < -0.4 is 5.14 Å². The zero-order valence-corrected chi connectivity index (χ0v) is 6.93. The van der Waals surface area contributed by atoms with Gasteiger partial charge in [0.05, 0.1) is 18.0 Å². The Morgan fingerprint density at radius 3 is 2.55 bits per heavy atom. The van der Waals surface area contributed by atoms with Gasteiger partial charge in [-0.05, 0) is 18.8 Å². The first-order chi connectivity index (χ1) is 4.99. The van der Waals surface area contributed by atoms with Gasteiger partial charge in [0.15, 0.2) is 0 Å². The van der Waals surface area contributed by atoms with Crippen molar-refractivity contribution < 1.29 is 13.2 Å². The Labute approximate surface area is 65.8 Å². The molecular formula is C6H11NO3S. The van der Waals surface area contributed by atoms with E-state index >= 15 is 0 Å². The van der Waals surface area contributed by atoms with E-state index in [2.05, 4.69) is 0 Å². The summed E-state index contributed by atoms with van der Waals surface area (Å²) in [6, 6.07) is 0. The molecule has 3 rings (SSSR count). The van der Waals surface area contributed by atoms with Gasteiger partial charge in [-0.25, -0.2) is 13.6 Å². The van der Waals surface area contributed by atoms with Gasteiger partial charge in [-0.1, -0.05) is 0 Å². The first-order valence-corrected chi connectivity index (χ1v) is 5.35. The van der Waals surface area contributed by atoms with Crippen molar-refractivity contribution in [1.29, 1.82) is 0 Å². The minimum Gasteiger partial charge on any atom is -0.374 e. The van der Waals surface area contributed by atoms with Crippen molar-refractivity contribution >= 4 is 10.0 Å². The first-order valence-electron chi connectivity index (χ1n) is 3.64. The van der Waals surface area contributed by atoms with E-state index in [1.54, 1.807) is 0 Å². The predicted molar refractivity (Wildman–Crippen MR) is 39.4 cm³/mol. The van der Waals surface area contributed by atoms with Crippen LogP contribution in [0.15, 0.2) is 0 Å². The normalized spacial score (nSPS) is 42.1. The quantitative estimate of drug-likeness (QED) is 0.615. The van der Waals surface area contributed by atoms with Crippen molar-refractivity contribution in [2.45, 2.75) is 18.4 Å². The molecule has 2 saturated heterocycles. The summed E-state index contributed by atoms with van der Waals surface area (Å²) in [4.78, 5) is 0. The fourth-order valence-corrected chi connectivity index (χ4v) is 3.10. The summed E-state index contributed by atoms with van der Waals surface area (Å²) in [6.45, 7) is 0.718. The van der Waals surface area contributed by atoms with Crippen LogP contribution in [0.25, 0.3) is 0 Å². The summed E-state index contributed by atoms with van der Waals surface area (Å²) in [6.07, 6.45) is 1.76. The van der Waals surface area contributed by atoms with E-state index < -0.39 is 15.6 Å². The predicted octanol–water partition coefficient (Wildman–Crippen LogP) is -0.546.